The summed E-state index contributed by atoms with van der Waals surface area (Å²) in [5, 5.41) is 11.8. The minimum atomic E-state index is -1.03. The standard InChI is InChI=1S/C11H17N3O2S/c1-17-8-4-2-3-6-12-11-13-7-5-9(14-11)10(15)16/h5,7H,2-4,6,8H2,1H3,(H,15,16)(H,12,13,14). The van der Waals surface area contributed by atoms with Gasteiger partial charge in [0.1, 0.15) is 0 Å². The smallest absolute Gasteiger partial charge is 0.354 e. The Hall–Kier alpha value is -1.30. The molecule has 0 saturated carbocycles. The second-order valence-electron chi connectivity index (χ2n) is 3.55. The van der Waals surface area contributed by atoms with Crippen molar-refractivity contribution < 1.29 is 9.90 Å². The summed E-state index contributed by atoms with van der Waals surface area (Å²) in [6.45, 7) is 0.775. The molecule has 0 radical (unpaired) electrons. The van der Waals surface area contributed by atoms with Gasteiger partial charge >= 0.3 is 5.97 Å². The van der Waals surface area contributed by atoms with E-state index in [-0.39, 0.29) is 5.69 Å². The van der Waals surface area contributed by atoms with Crippen LogP contribution in [0.25, 0.3) is 0 Å². The number of aromatic carboxylic acids is 1. The van der Waals surface area contributed by atoms with Crippen molar-refractivity contribution >= 4 is 23.7 Å². The van der Waals surface area contributed by atoms with Crippen molar-refractivity contribution in [3.63, 3.8) is 0 Å². The van der Waals surface area contributed by atoms with Gasteiger partial charge in [-0.3, -0.25) is 0 Å². The molecule has 1 aromatic rings. The molecule has 0 unspecified atom stereocenters. The number of hydrogen-bond donors (Lipinski definition) is 2. The van der Waals surface area contributed by atoms with Gasteiger partial charge in [0.15, 0.2) is 5.69 Å². The molecule has 0 amide bonds. The summed E-state index contributed by atoms with van der Waals surface area (Å²) in [7, 11) is 0. The molecule has 0 aliphatic rings. The van der Waals surface area contributed by atoms with Crippen LogP contribution in [0.2, 0.25) is 0 Å². The third-order valence-electron chi connectivity index (χ3n) is 2.18. The highest BCUT2D eigenvalue weighted by Gasteiger charge is 2.05. The van der Waals surface area contributed by atoms with Crippen molar-refractivity contribution in [2.24, 2.45) is 0 Å². The van der Waals surface area contributed by atoms with Crippen LogP contribution >= 0.6 is 11.8 Å². The summed E-state index contributed by atoms with van der Waals surface area (Å²) in [4.78, 5) is 18.5. The minimum Gasteiger partial charge on any atom is -0.477 e. The Morgan fingerprint density at radius 2 is 2.29 bits per heavy atom. The molecule has 0 fully saturated rings. The van der Waals surface area contributed by atoms with Crippen LogP contribution in [0.5, 0.6) is 0 Å². The van der Waals surface area contributed by atoms with E-state index in [0.717, 1.165) is 19.4 Å². The van der Waals surface area contributed by atoms with Gasteiger partial charge in [0.25, 0.3) is 0 Å². The first-order valence-electron chi connectivity index (χ1n) is 5.53. The number of nitrogens with one attached hydrogen (secondary N) is 1. The molecule has 1 heterocycles. The number of rotatable bonds is 8. The van der Waals surface area contributed by atoms with E-state index in [1.165, 1.54) is 24.4 Å². The second-order valence-corrected chi connectivity index (χ2v) is 4.54. The Morgan fingerprint density at radius 1 is 1.47 bits per heavy atom. The van der Waals surface area contributed by atoms with E-state index in [1.54, 1.807) is 0 Å². The average Bonchev–Trinajstić information content (AvgIpc) is 2.34. The van der Waals surface area contributed by atoms with Crippen LogP contribution in [0.1, 0.15) is 29.8 Å². The van der Waals surface area contributed by atoms with Crippen molar-refractivity contribution in [1.82, 2.24) is 9.97 Å². The van der Waals surface area contributed by atoms with E-state index in [9.17, 15) is 4.79 Å². The molecule has 17 heavy (non-hydrogen) atoms. The van der Waals surface area contributed by atoms with Crippen molar-refractivity contribution in [1.29, 1.82) is 0 Å². The maximum absolute atomic E-state index is 10.7. The quantitative estimate of drug-likeness (QED) is 0.693. The van der Waals surface area contributed by atoms with E-state index in [4.69, 9.17) is 5.11 Å². The Kier molecular flexibility index (Phi) is 6.39. The second kappa shape index (κ2) is 7.89. The first kappa shape index (κ1) is 13.8. The number of carbonyl (C=O) groups is 1. The molecule has 0 aromatic carbocycles. The van der Waals surface area contributed by atoms with Crippen LogP contribution in [0.3, 0.4) is 0 Å². The van der Waals surface area contributed by atoms with Gasteiger partial charge in [-0.05, 0) is 30.9 Å². The summed E-state index contributed by atoms with van der Waals surface area (Å²) in [5.41, 5.74) is 0.0184. The normalized spacial score (nSPS) is 10.2. The van der Waals surface area contributed by atoms with E-state index >= 15 is 0 Å². The van der Waals surface area contributed by atoms with Gasteiger partial charge in [-0.15, -0.1) is 0 Å². The largest absolute Gasteiger partial charge is 0.477 e. The van der Waals surface area contributed by atoms with Crippen molar-refractivity contribution in [2.45, 2.75) is 19.3 Å². The third kappa shape index (κ3) is 5.53. The van der Waals surface area contributed by atoms with Crippen molar-refractivity contribution in [3.8, 4) is 0 Å². The summed E-state index contributed by atoms with van der Waals surface area (Å²) >= 11 is 1.85. The highest BCUT2D eigenvalue weighted by molar-refractivity contribution is 7.98. The monoisotopic (exact) mass is 255 g/mol. The van der Waals surface area contributed by atoms with E-state index in [0.29, 0.717) is 5.95 Å². The van der Waals surface area contributed by atoms with E-state index in [1.807, 2.05) is 11.8 Å². The van der Waals surface area contributed by atoms with Crippen molar-refractivity contribution in [3.05, 3.63) is 18.0 Å². The SMILES string of the molecule is CSCCCCCNc1nccc(C(=O)O)n1. The fourth-order valence-corrected chi connectivity index (χ4v) is 1.80. The number of thioether (sulfide) groups is 1. The minimum absolute atomic E-state index is 0.0184. The number of unbranched alkanes of at least 4 members (excludes halogenated alkanes) is 2. The van der Waals surface area contributed by atoms with Gasteiger partial charge in [-0.1, -0.05) is 6.42 Å². The molecule has 0 bridgehead atoms. The molecule has 1 rings (SSSR count). The van der Waals surface area contributed by atoms with Gasteiger partial charge < -0.3 is 10.4 Å². The molecule has 2 N–H and O–H groups in total. The highest BCUT2D eigenvalue weighted by Crippen LogP contribution is 2.04. The Balaban J connectivity index is 2.27. The van der Waals surface area contributed by atoms with Gasteiger partial charge in [0.2, 0.25) is 5.95 Å². The van der Waals surface area contributed by atoms with Crippen LogP contribution in [0.4, 0.5) is 5.95 Å². The van der Waals surface area contributed by atoms with Gasteiger partial charge in [-0.25, -0.2) is 14.8 Å². The van der Waals surface area contributed by atoms with E-state index < -0.39 is 5.97 Å². The molecule has 0 aliphatic carbocycles. The van der Waals surface area contributed by atoms with Gasteiger partial charge in [0, 0.05) is 12.7 Å². The average molecular weight is 255 g/mol. The maximum atomic E-state index is 10.7. The molecular weight excluding hydrogens is 238 g/mol. The maximum Gasteiger partial charge on any atom is 0.354 e. The van der Waals surface area contributed by atoms with Crippen molar-refractivity contribution in [2.75, 3.05) is 23.9 Å². The van der Waals surface area contributed by atoms with Gasteiger partial charge in [0.05, 0.1) is 0 Å². The first-order chi connectivity index (χ1) is 8.24. The zero-order valence-electron chi connectivity index (χ0n) is 9.85. The Labute approximate surface area is 105 Å². The lowest BCUT2D eigenvalue weighted by atomic mass is 10.2. The number of carboxylic acid groups (broad SMARTS) is 1. The molecule has 0 spiro atoms. The lowest BCUT2D eigenvalue weighted by Crippen LogP contribution is -2.08. The molecule has 0 aliphatic heterocycles. The zero-order chi connectivity index (χ0) is 12.5. The number of carboxylic acids is 1. The van der Waals surface area contributed by atoms with Crippen LogP contribution in [-0.2, 0) is 0 Å². The van der Waals surface area contributed by atoms with Crippen LogP contribution in [0.15, 0.2) is 12.3 Å². The topological polar surface area (TPSA) is 75.1 Å². The lowest BCUT2D eigenvalue weighted by Gasteiger charge is -2.04. The fourth-order valence-electron chi connectivity index (χ4n) is 1.31. The number of aromatic nitrogens is 2. The van der Waals surface area contributed by atoms with E-state index in [2.05, 4.69) is 21.5 Å². The lowest BCUT2D eigenvalue weighted by molar-refractivity contribution is 0.0690. The summed E-state index contributed by atoms with van der Waals surface area (Å²) in [5.74, 6) is 0.538. The summed E-state index contributed by atoms with van der Waals surface area (Å²) in [6, 6.07) is 1.38. The Morgan fingerprint density at radius 3 is 3.00 bits per heavy atom. The van der Waals surface area contributed by atoms with Crippen LogP contribution in [0, 0.1) is 0 Å². The number of hydrogen-bond acceptors (Lipinski definition) is 5. The summed E-state index contributed by atoms with van der Waals surface area (Å²) < 4.78 is 0. The van der Waals surface area contributed by atoms with Gasteiger partial charge in [-0.2, -0.15) is 11.8 Å². The summed E-state index contributed by atoms with van der Waals surface area (Å²) in [6.07, 6.45) is 6.96. The molecule has 6 heteroatoms. The first-order valence-corrected chi connectivity index (χ1v) is 6.92. The molecule has 1 aromatic heterocycles. The predicted octanol–water partition coefficient (Wildman–Crippen LogP) is 2.12. The number of nitrogens with zero attached hydrogens (tertiary/aromatic N) is 2. The molecule has 0 saturated heterocycles. The molecule has 5 nitrogen and oxygen atoms in total. The Bertz CT molecular complexity index is 360. The zero-order valence-corrected chi connectivity index (χ0v) is 10.7. The molecule has 0 atom stereocenters. The molecular formula is C11H17N3O2S. The van der Waals surface area contributed by atoms with Crippen LogP contribution < -0.4 is 5.32 Å². The highest BCUT2D eigenvalue weighted by atomic mass is 32.2. The third-order valence-corrected chi connectivity index (χ3v) is 2.88. The van der Waals surface area contributed by atoms with Crippen LogP contribution in [-0.4, -0.2) is 39.6 Å². The fraction of sp³-hybridized carbons (Fsp3) is 0.545. The molecule has 94 valence electrons. The number of anilines is 1. The predicted molar refractivity (Wildman–Crippen MR) is 69.7 cm³/mol.